The normalized spacial score (nSPS) is 14.6. The molecule has 1 saturated heterocycles. The van der Waals surface area contributed by atoms with E-state index in [4.69, 9.17) is 4.74 Å². The van der Waals surface area contributed by atoms with E-state index in [0.29, 0.717) is 38.5 Å². The van der Waals surface area contributed by atoms with Crippen LogP contribution >= 0.6 is 0 Å². The minimum atomic E-state index is -3.80. The molecule has 178 valence electrons. The molecule has 1 aliphatic rings. The molecular formula is C25H26FN3O4S. The second-order valence-electron chi connectivity index (χ2n) is 7.75. The molecule has 1 heterocycles. The molecule has 0 spiro atoms. The van der Waals surface area contributed by atoms with Crippen molar-refractivity contribution >= 4 is 27.3 Å². The van der Waals surface area contributed by atoms with Crippen molar-refractivity contribution in [1.82, 2.24) is 4.31 Å². The fourth-order valence-electron chi connectivity index (χ4n) is 3.86. The van der Waals surface area contributed by atoms with Gasteiger partial charge in [-0.2, -0.15) is 4.31 Å². The number of nitrogens with zero attached hydrogens (tertiary/aromatic N) is 2. The Hall–Kier alpha value is -3.43. The summed E-state index contributed by atoms with van der Waals surface area (Å²) in [5.74, 6) is -1.05. The lowest BCUT2D eigenvalue weighted by molar-refractivity contribution is 0.102. The van der Waals surface area contributed by atoms with Gasteiger partial charge in [0.05, 0.1) is 22.8 Å². The van der Waals surface area contributed by atoms with Gasteiger partial charge in [-0.05, 0) is 49.4 Å². The van der Waals surface area contributed by atoms with E-state index in [1.807, 2.05) is 30.3 Å². The van der Waals surface area contributed by atoms with Crippen LogP contribution in [0.4, 0.5) is 15.8 Å². The van der Waals surface area contributed by atoms with Crippen molar-refractivity contribution in [1.29, 1.82) is 0 Å². The van der Waals surface area contributed by atoms with E-state index >= 15 is 0 Å². The van der Waals surface area contributed by atoms with E-state index in [9.17, 15) is 17.6 Å². The Morgan fingerprint density at radius 1 is 0.971 bits per heavy atom. The molecule has 3 aromatic carbocycles. The third kappa shape index (κ3) is 5.05. The third-order valence-corrected chi connectivity index (χ3v) is 7.51. The predicted octanol–water partition coefficient (Wildman–Crippen LogP) is 3.99. The zero-order valence-electron chi connectivity index (χ0n) is 18.8. The number of hydrogen-bond acceptors (Lipinski definition) is 5. The number of benzene rings is 3. The monoisotopic (exact) mass is 483 g/mol. The van der Waals surface area contributed by atoms with Gasteiger partial charge in [0.1, 0.15) is 11.6 Å². The molecule has 1 N–H and O–H groups in total. The van der Waals surface area contributed by atoms with E-state index in [1.165, 1.54) is 40.7 Å². The van der Waals surface area contributed by atoms with Crippen molar-refractivity contribution in [2.24, 2.45) is 0 Å². The number of anilines is 2. The average molecular weight is 484 g/mol. The second kappa shape index (κ2) is 10.2. The number of carbonyl (C=O) groups is 1. The van der Waals surface area contributed by atoms with Crippen LogP contribution in [0, 0.1) is 5.82 Å². The Kier molecular flexibility index (Phi) is 7.14. The van der Waals surface area contributed by atoms with Crippen LogP contribution in [0.5, 0.6) is 5.75 Å². The van der Waals surface area contributed by atoms with Gasteiger partial charge >= 0.3 is 0 Å². The van der Waals surface area contributed by atoms with Crippen LogP contribution in [-0.4, -0.2) is 51.4 Å². The highest BCUT2D eigenvalue weighted by atomic mass is 32.2. The number of nitrogens with one attached hydrogen (secondary N) is 1. The van der Waals surface area contributed by atoms with Crippen LogP contribution in [0.2, 0.25) is 0 Å². The van der Waals surface area contributed by atoms with Gasteiger partial charge in [0, 0.05) is 31.9 Å². The summed E-state index contributed by atoms with van der Waals surface area (Å²) >= 11 is 0. The smallest absolute Gasteiger partial charge is 0.258 e. The van der Waals surface area contributed by atoms with Crippen LogP contribution in [0.1, 0.15) is 17.3 Å². The lowest BCUT2D eigenvalue weighted by Crippen LogP contribution is -2.48. The number of piperazine rings is 1. The van der Waals surface area contributed by atoms with Crippen molar-refractivity contribution < 1.29 is 22.3 Å². The molecule has 34 heavy (non-hydrogen) atoms. The van der Waals surface area contributed by atoms with Crippen molar-refractivity contribution in [2.45, 2.75) is 11.8 Å². The first-order valence-electron chi connectivity index (χ1n) is 11.0. The van der Waals surface area contributed by atoms with Crippen molar-refractivity contribution in [3.05, 3.63) is 84.2 Å². The molecule has 0 bridgehead atoms. The molecule has 7 nitrogen and oxygen atoms in total. The van der Waals surface area contributed by atoms with Gasteiger partial charge in [0.25, 0.3) is 5.91 Å². The fraction of sp³-hybridized carbons (Fsp3) is 0.240. The van der Waals surface area contributed by atoms with Gasteiger partial charge in [0.2, 0.25) is 10.0 Å². The first kappa shape index (κ1) is 23.7. The minimum absolute atomic E-state index is 0.0351. The summed E-state index contributed by atoms with van der Waals surface area (Å²) in [5, 5.41) is 2.60. The molecule has 1 fully saturated rings. The van der Waals surface area contributed by atoms with Crippen LogP contribution in [-0.2, 0) is 10.0 Å². The van der Waals surface area contributed by atoms with E-state index in [2.05, 4.69) is 10.2 Å². The molecular weight excluding hydrogens is 457 g/mol. The molecule has 0 saturated carbocycles. The van der Waals surface area contributed by atoms with Crippen LogP contribution in [0.15, 0.2) is 77.7 Å². The Balaban J connectivity index is 1.55. The molecule has 1 aliphatic heterocycles. The molecule has 1 amide bonds. The predicted molar refractivity (Wildman–Crippen MR) is 129 cm³/mol. The molecule has 0 unspecified atom stereocenters. The van der Waals surface area contributed by atoms with Gasteiger partial charge in [-0.3, -0.25) is 4.79 Å². The topological polar surface area (TPSA) is 79.0 Å². The average Bonchev–Trinajstić information content (AvgIpc) is 2.86. The number of amides is 1. The summed E-state index contributed by atoms with van der Waals surface area (Å²) in [4.78, 5) is 14.8. The molecule has 3 aromatic rings. The van der Waals surface area contributed by atoms with Crippen LogP contribution in [0.25, 0.3) is 0 Å². The molecule has 4 rings (SSSR count). The second-order valence-corrected chi connectivity index (χ2v) is 9.69. The number of ether oxygens (including phenoxy) is 1. The lowest BCUT2D eigenvalue weighted by atomic mass is 10.2. The van der Waals surface area contributed by atoms with Gasteiger partial charge < -0.3 is 15.0 Å². The van der Waals surface area contributed by atoms with Crippen LogP contribution < -0.4 is 15.0 Å². The summed E-state index contributed by atoms with van der Waals surface area (Å²) in [7, 11) is -3.80. The van der Waals surface area contributed by atoms with E-state index in [1.54, 1.807) is 13.0 Å². The van der Waals surface area contributed by atoms with Crippen LogP contribution in [0.3, 0.4) is 0 Å². The molecule has 0 radical (unpaired) electrons. The highest BCUT2D eigenvalue weighted by molar-refractivity contribution is 7.89. The van der Waals surface area contributed by atoms with E-state index < -0.39 is 21.7 Å². The van der Waals surface area contributed by atoms with Gasteiger partial charge in [-0.25, -0.2) is 12.8 Å². The summed E-state index contributed by atoms with van der Waals surface area (Å²) in [5.41, 5.74) is 1.08. The van der Waals surface area contributed by atoms with Gasteiger partial charge in [-0.1, -0.05) is 30.3 Å². The van der Waals surface area contributed by atoms with Crippen molar-refractivity contribution in [3.63, 3.8) is 0 Å². The third-order valence-electron chi connectivity index (χ3n) is 5.62. The number of halogens is 1. The first-order valence-corrected chi connectivity index (χ1v) is 12.5. The van der Waals surface area contributed by atoms with E-state index in [0.717, 1.165) is 5.69 Å². The number of carbonyl (C=O) groups excluding carboxylic acids is 1. The number of rotatable bonds is 7. The Bertz CT molecular complexity index is 1260. The Labute approximate surface area is 198 Å². The summed E-state index contributed by atoms with van der Waals surface area (Å²) in [6.45, 7) is 3.90. The molecule has 0 atom stereocenters. The van der Waals surface area contributed by atoms with Gasteiger partial charge in [-0.15, -0.1) is 0 Å². The molecule has 0 aromatic heterocycles. The quantitative estimate of drug-likeness (QED) is 0.550. The largest absolute Gasteiger partial charge is 0.492 e. The SMILES string of the molecule is CCOc1ccc(S(=O)(=O)N2CCN(c3ccccc3)CC2)cc1NC(=O)c1ccccc1F. The Morgan fingerprint density at radius 2 is 1.65 bits per heavy atom. The van der Waals surface area contributed by atoms with Crippen molar-refractivity contribution in [2.75, 3.05) is 43.0 Å². The number of hydrogen-bond donors (Lipinski definition) is 1. The van der Waals surface area contributed by atoms with Gasteiger partial charge in [0.15, 0.2) is 0 Å². The highest BCUT2D eigenvalue weighted by Crippen LogP contribution is 2.30. The molecule has 9 heteroatoms. The first-order chi connectivity index (χ1) is 16.4. The maximum Gasteiger partial charge on any atom is 0.258 e. The zero-order chi connectivity index (χ0) is 24.1. The summed E-state index contributed by atoms with van der Waals surface area (Å²) in [6.07, 6.45) is 0. The zero-order valence-corrected chi connectivity index (χ0v) is 19.6. The maximum absolute atomic E-state index is 14.1. The highest BCUT2D eigenvalue weighted by Gasteiger charge is 2.29. The standard InChI is InChI=1S/C25H26FN3O4S/c1-2-33-24-13-12-20(18-23(24)27-25(30)21-10-6-7-11-22(21)26)34(31,32)29-16-14-28(15-17-29)19-8-4-3-5-9-19/h3-13,18H,2,14-17H2,1H3,(H,27,30). The summed E-state index contributed by atoms with van der Waals surface area (Å²) < 4.78 is 47.8. The minimum Gasteiger partial charge on any atom is -0.492 e. The molecule has 0 aliphatic carbocycles. The number of para-hydroxylation sites is 1. The summed E-state index contributed by atoms with van der Waals surface area (Å²) in [6, 6.07) is 19.8. The van der Waals surface area contributed by atoms with Crippen molar-refractivity contribution in [3.8, 4) is 5.75 Å². The van der Waals surface area contributed by atoms with E-state index in [-0.39, 0.29) is 16.1 Å². The number of sulfonamides is 1. The Morgan fingerprint density at radius 3 is 2.32 bits per heavy atom. The maximum atomic E-state index is 14.1. The lowest BCUT2D eigenvalue weighted by Gasteiger charge is -2.35. The fourth-order valence-corrected chi connectivity index (χ4v) is 5.31.